The third kappa shape index (κ3) is 9.92. The standard InChI is InChI=1S/C18H22N4O2.C8F16I2/c23-17(15-7-5-9-19-13-15)21-11-3-1-2-4-12-22-18(24)16-8-6-10-20-14-16;9-1(10,3(13,14)5(17,18)7(21,22)25)2(11,12)4(15,16)6(19,20)8(23,24)26/h5-10,13-14H,1-4,11-12H2,(H,21,23)(H,22,24);. The van der Waals surface area contributed by atoms with E-state index in [-0.39, 0.29) is 11.8 Å². The van der Waals surface area contributed by atoms with Gasteiger partial charge in [-0.1, -0.05) is 12.8 Å². The maximum atomic E-state index is 13.0. The molecule has 0 atom stereocenters. The predicted octanol–water partition coefficient (Wildman–Crippen LogP) is 9.05. The normalized spacial score (nSPS) is 13.6. The summed E-state index contributed by atoms with van der Waals surface area (Å²) in [6.07, 6.45) is 10.3. The van der Waals surface area contributed by atoms with Crippen molar-refractivity contribution >= 4 is 57.0 Å². The molecule has 0 saturated heterocycles. The van der Waals surface area contributed by atoms with Gasteiger partial charge in [-0.15, -0.1) is 0 Å². The number of nitrogens with one attached hydrogen (secondary N) is 2. The zero-order chi connectivity index (χ0) is 39.0. The van der Waals surface area contributed by atoms with Crippen LogP contribution in [0.15, 0.2) is 49.1 Å². The monoisotopic (exact) mass is 980 g/mol. The van der Waals surface area contributed by atoms with Crippen LogP contribution in [-0.4, -0.2) is 78.3 Å². The van der Waals surface area contributed by atoms with Crippen molar-refractivity contribution in [2.24, 2.45) is 0 Å². The molecule has 0 spiro atoms. The average Bonchev–Trinajstić information content (AvgIpc) is 3.01. The summed E-state index contributed by atoms with van der Waals surface area (Å²) in [7, 11) is 0. The summed E-state index contributed by atoms with van der Waals surface area (Å²) in [5, 5.41) is 5.75. The number of halogens is 18. The molecule has 0 radical (unpaired) electrons. The van der Waals surface area contributed by atoms with Crippen LogP contribution in [0.5, 0.6) is 0 Å². The molecule has 0 unspecified atom stereocenters. The second-order valence-corrected chi connectivity index (χ2v) is 12.6. The highest BCUT2D eigenvalue weighted by Crippen LogP contribution is 2.65. The largest absolute Gasteiger partial charge is 0.387 e. The van der Waals surface area contributed by atoms with Crippen molar-refractivity contribution in [2.75, 3.05) is 13.1 Å². The Bertz CT molecular complexity index is 1290. The highest BCUT2D eigenvalue weighted by atomic mass is 127. The van der Waals surface area contributed by atoms with E-state index in [1.807, 2.05) is 0 Å². The molecular formula is C26H22F16I2N4O2. The number of carbonyl (C=O) groups excluding carboxylic acids is 2. The minimum atomic E-state index is -8.33. The van der Waals surface area contributed by atoms with E-state index in [0.717, 1.165) is 25.7 Å². The van der Waals surface area contributed by atoms with Gasteiger partial charge in [-0.25, -0.2) is 0 Å². The molecule has 0 aliphatic heterocycles. The summed E-state index contributed by atoms with van der Waals surface area (Å²) in [6.45, 7) is 1.30. The fraction of sp³-hybridized carbons (Fsp3) is 0.538. The fourth-order valence-electron chi connectivity index (χ4n) is 3.35. The molecule has 50 heavy (non-hydrogen) atoms. The lowest BCUT2D eigenvalue weighted by Crippen LogP contribution is -2.73. The van der Waals surface area contributed by atoms with E-state index in [2.05, 4.69) is 20.6 Å². The van der Waals surface area contributed by atoms with Gasteiger partial charge in [0.1, 0.15) is 0 Å². The topological polar surface area (TPSA) is 84.0 Å². The van der Waals surface area contributed by atoms with Crippen LogP contribution in [0.4, 0.5) is 70.2 Å². The minimum Gasteiger partial charge on any atom is -0.352 e. The highest BCUT2D eigenvalue weighted by molar-refractivity contribution is 14.1. The number of alkyl halides is 18. The summed E-state index contributed by atoms with van der Waals surface area (Å²) < 4.78 is 192. The summed E-state index contributed by atoms with van der Waals surface area (Å²) in [5.41, 5.74) is 1.16. The van der Waals surface area contributed by atoms with Crippen molar-refractivity contribution < 1.29 is 79.8 Å². The maximum absolute atomic E-state index is 13.0. The molecule has 24 heteroatoms. The predicted molar refractivity (Wildman–Crippen MR) is 159 cm³/mol. The van der Waals surface area contributed by atoms with Gasteiger partial charge in [0.05, 0.1) is 11.1 Å². The van der Waals surface area contributed by atoms with Gasteiger partial charge in [0.15, 0.2) is 0 Å². The SMILES string of the molecule is FC(F)(I)C(F)(F)C(F)(F)C(F)(F)C(F)(F)C(F)(F)C(F)(F)C(F)(F)I.O=C(NCCCCCCNC(=O)c1cccnc1)c1cccnc1. The summed E-state index contributed by atoms with van der Waals surface area (Å²) >= 11 is -1.87. The van der Waals surface area contributed by atoms with Gasteiger partial charge in [-0.2, -0.15) is 70.2 Å². The Morgan fingerprint density at radius 3 is 1.02 bits per heavy atom. The first-order chi connectivity index (χ1) is 22.5. The number of amides is 2. The first-order valence-corrected chi connectivity index (χ1v) is 15.4. The molecule has 2 heterocycles. The second-order valence-electron chi connectivity index (χ2n) is 9.85. The Hall–Kier alpha value is -2.42. The first-order valence-electron chi connectivity index (χ1n) is 13.3. The van der Waals surface area contributed by atoms with Crippen LogP contribution in [0.1, 0.15) is 46.4 Å². The molecule has 2 aromatic heterocycles. The summed E-state index contributed by atoms with van der Waals surface area (Å²) in [5.74, 6) is -47.9. The molecule has 2 N–H and O–H groups in total. The van der Waals surface area contributed by atoms with Crippen LogP contribution in [0.3, 0.4) is 0 Å². The number of rotatable bonds is 16. The van der Waals surface area contributed by atoms with Crippen molar-refractivity contribution in [1.82, 2.24) is 20.6 Å². The quantitative estimate of drug-likeness (QED) is 0.0762. The zero-order valence-corrected chi connectivity index (χ0v) is 28.7. The second kappa shape index (κ2) is 16.9. The molecule has 0 fully saturated rings. The van der Waals surface area contributed by atoms with Crippen LogP contribution in [0.25, 0.3) is 0 Å². The summed E-state index contributed by atoms with van der Waals surface area (Å²) in [6, 6.07) is 6.98. The number of hydrogen-bond donors (Lipinski definition) is 2. The number of hydrogen-bond acceptors (Lipinski definition) is 4. The summed E-state index contributed by atoms with van der Waals surface area (Å²) in [4.78, 5) is 31.4. The van der Waals surface area contributed by atoms with Gasteiger partial charge in [0.2, 0.25) is 0 Å². The van der Waals surface area contributed by atoms with Crippen molar-refractivity contribution in [3.63, 3.8) is 0 Å². The van der Waals surface area contributed by atoms with Gasteiger partial charge in [-0.05, 0) is 37.1 Å². The number of unbranched alkanes of at least 4 members (excludes halogenated alkanes) is 3. The molecule has 0 aliphatic rings. The molecule has 0 aromatic carbocycles. The van der Waals surface area contributed by atoms with E-state index in [1.54, 1.807) is 49.1 Å². The average molecular weight is 980 g/mol. The van der Waals surface area contributed by atoms with Crippen molar-refractivity contribution in [3.05, 3.63) is 60.2 Å². The van der Waals surface area contributed by atoms with Crippen LogP contribution < -0.4 is 10.6 Å². The van der Waals surface area contributed by atoms with E-state index >= 15 is 0 Å². The van der Waals surface area contributed by atoms with E-state index < -0.39 is 88.6 Å². The van der Waals surface area contributed by atoms with Gasteiger partial charge < -0.3 is 10.6 Å². The van der Waals surface area contributed by atoms with Gasteiger partial charge in [0, 0.05) is 83.1 Å². The number of pyridine rings is 2. The molecule has 0 saturated carbocycles. The smallest absolute Gasteiger partial charge is 0.352 e. The molecule has 2 aromatic rings. The third-order valence-corrected chi connectivity index (χ3v) is 7.56. The van der Waals surface area contributed by atoms with E-state index in [0.29, 0.717) is 24.2 Å². The Labute approximate surface area is 298 Å². The lowest BCUT2D eigenvalue weighted by Gasteiger charge is -2.42. The lowest BCUT2D eigenvalue weighted by atomic mass is 9.91. The van der Waals surface area contributed by atoms with Crippen molar-refractivity contribution in [2.45, 2.75) is 69.1 Å². The number of aromatic nitrogens is 2. The Morgan fingerprint density at radius 2 is 0.780 bits per heavy atom. The molecule has 0 aliphatic carbocycles. The number of carbonyl (C=O) groups is 2. The lowest BCUT2D eigenvalue weighted by molar-refractivity contribution is -0.441. The van der Waals surface area contributed by atoms with Gasteiger partial charge in [0.25, 0.3) is 11.8 Å². The molecule has 2 rings (SSSR count). The molecule has 0 bridgehead atoms. The third-order valence-electron chi connectivity index (χ3n) is 6.21. The van der Waals surface area contributed by atoms with Gasteiger partial charge in [-0.3, -0.25) is 19.6 Å². The van der Waals surface area contributed by atoms with Crippen LogP contribution >= 0.6 is 45.2 Å². The van der Waals surface area contributed by atoms with E-state index in [9.17, 15) is 79.8 Å². The van der Waals surface area contributed by atoms with Crippen molar-refractivity contribution in [3.8, 4) is 0 Å². The zero-order valence-electron chi connectivity index (χ0n) is 24.4. The Kier molecular flexibility index (Phi) is 15.5. The Balaban J connectivity index is 0.000000501. The highest BCUT2D eigenvalue weighted by Gasteiger charge is 2.94. The van der Waals surface area contributed by atoms with Crippen LogP contribution in [-0.2, 0) is 0 Å². The molecular weight excluding hydrogens is 958 g/mol. The first kappa shape index (κ1) is 45.6. The van der Waals surface area contributed by atoms with Crippen molar-refractivity contribution in [1.29, 1.82) is 0 Å². The Morgan fingerprint density at radius 1 is 0.500 bits per heavy atom. The van der Waals surface area contributed by atoms with E-state index in [4.69, 9.17) is 0 Å². The number of nitrogens with zero attached hydrogens (tertiary/aromatic N) is 2. The maximum Gasteiger partial charge on any atom is 0.387 e. The van der Waals surface area contributed by atoms with Gasteiger partial charge >= 0.3 is 43.4 Å². The van der Waals surface area contributed by atoms with E-state index in [1.165, 1.54) is 0 Å². The molecule has 284 valence electrons. The molecule has 2 amide bonds. The fourth-order valence-corrected chi connectivity index (χ4v) is 4.03. The molecule has 6 nitrogen and oxygen atoms in total. The van der Waals surface area contributed by atoms with Crippen LogP contribution in [0.2, 0.25) is 0 Å². The minimum absolute atomic E-state index is 0.0909. The van der Waals surface area contributed by atoms with Crippen LogP contribution in [0, 0.1) is 0 Å².